The first-order chi connectivity index (χ1) is 6.59. The maximum Gasteiger partial charge on any atom is 0.261 e. The molecular formula is C9H6F2N2O. The van der Waals surface area contributed by atoms with E-state index < -0.39 is 17.2 Å². The van der Waals surface area contributed by atoms with Crippen LogP contribution in [0.2, 0.25) is 0 Å². The van der Waals surface area contributed by atoms with Crippen LogP contribution >= 0.6 is 0 Å². The van der Waals surface area contributed by atoms with Gasteiger partial charge in [0.1, 0.15) is 11.2 Å². The van der Waals surface area contributed by atoms with Crippen molar-refractivity contribution in [3.05, 3.63) is 39.9 Å². The summed E-state index contributed by atoms with van der Waals surface area (Å²) in [6.07, 6.45) is 0. The van der Waals surface area contributed by atoms with E-state index in [1.807, 2.05) is 0 Å². The summed E-state index contributed by atoms with van der Waals surface area (Å²) in [5.41, 5.74) is -0.505. The van der Waals surface area contributed by atoms with E-state index in [1.54, 1.807) is 6.92 Å². The third-order valence-electron chi connectivity index (χ3n) is 1.88. The first-order valence-corrected chi connectivity index (χ1v) is 3.94. The monoisotopic (exact) mass is 196 g/mol. The largest absolute Gasteiger partial charge is 0.310 e. The van der Waals surface area contributed by atoms with Gasteiger partial charge in [0.2, 0.25) is 0 Å². The van der Waals surface area contributed by atoms with Crippen LogP contribution in [0.4, 0.5) is 8.78 Å². The van der Waals surface area contributed by atoms with E-state index in [1.165, 1.54) is 6.07 Å². The molecule has 0 saturated carbocycles. The van der Waals surface area contributed by atoms with Crippen molar-refractivity contribution in [1.29, 1.82) is 0 Å². The highest BCUT2D eigenvalue weighted by atomic mass is 19.2. The second-order valence-electron chi connectivity index (χ2n) is 2.91. The zero-order valence-electron chi connectivity index (χ0n) is 7.27. The van der Waals surface area contributed by atoms with Crippen molar-refractivity contribution in [2.24, 2.45) is 0 Å². The second-order valence-corrected chi connectivity index (χ2v) is 2.91. The van der Waals surface area contributed by atoms with Crippen molar-refractivity contribution in [1.82, 2.24) is 9.97 Å². The van der Waals surface area contributed by atoms with Crippen molar-refractivity contribution in [2.75, 3.05) is 0 Å². The molecule has 0 spiro atoms. The van der Waals surface area contributed by atoms with Gasteiger partial charge in [0.05, 0.1) is 5.52 Å². The molecule has 0 aliphatic heterocycles. The van der Waals surface area contributed by atoms with Gasteiger partial charge >= 0.3 is 0 Å². The van der Waals surface area contributed by atoms with Crippen molar-refractivity contribution in [3.8, 4) is 0 Å². The van der Waals surface area contributed by atoms with Gasteiger partial charge in [-0.3, -0.25) is 4.79 Å². The Balaban J connectivity index is 3.03. The molecule has 0 radical (unpaired) electrons. The molecule has 14 heavy (non-hydrogen) atoms. The molecule has 0 saturated heterocycles. The molecule has 2 rings (SSSR count). The molecule has 0 atom stereocenters. The molecule has 0 unspecified atom stereocenters. The summed E-state index contributed by atoms with van der Waals surface area (Å²) in [6, 6.07) is 2.22. The number of halogens is 2. The number of nitrogens with zero attached hydrogens (tertiary/aromatic N) is 1. The highest BCUT2D eigenvalue weighted by Crippen LogP contribution is 2.14. The number of rotatable bonds is 0. The first-order valence-electron chi connectivity index (χ1n) is 3.94. The standard InChI is InChI=1S/C9H6F2N2O/c1-4-12-6-3-2-5(10)8(11)7(6)9(14)13-4/h2-3H,1H3,(H,12,13,14). The molecule has 5 heteroatoms. The van der Waals surface area contributed by atoms with Gasteiger partial charge in [0.25, 0.3) is 5.56 Å². The van der Waals surface area contributed by atoms with Gasteiger partial charge in [0, 0.05) is 0 Å². The highest BCUT2D eigenvalue weighted by Gasteiger charge is 2.11. The van der Waals surface area contributed by atoms with Crippen molar-refractivity contribution in [3.63, 3.8) is 0 Å². The van der Waals surface area contributed by atoms with E-state index in [0.717, 1.165) is 6.07 Å². The number of aryl methyl sites for hydroxylation is 1. The van der Waals surface area contributed by atoms with E-state index in [4.69, 9.17) is 0 Å². The van der Waals surface area contributed by atoms with Crippen LogP contribution in [0.25, 0.3) is 10.9 Å². The quantitative estimate of drug-likeness (QED) is 0.694. The van der Waals surface area contributed by atoms with Crippen LogP contribution in [-0.4, -0.2) is 9.97 Å². The summed E-state index contributed by atoms with van der Waals surface area (Å²) in [5.74, 6) is -1.83. The van der Waals surface area contributed by atoms with Crippen LogP contribution in [-0.2, 0) is 0 Å². The number of H-pyrrole nitrogens is 1. The lowest BCUT2D eigenvalue weighted by Crippen LogP contribution is -2.12. The summed E-state index contributed by atoms with van der Waals surface area (Å²) in [7, 11) is 0. The Labute approximate surface area is 77.4 Å². The minimum Gasteiger partial charge on any atom is -0.310 e. The molecule has 0 aliphatic rings. The Kier molecular flexibility index (Phi) is 1.80. The number of hydrogen-bond acceptors (Lipinski definition) is 2. The van der Waals surface area contributed by atoms with Gasteiger partial charge in [-0.1, -0.05) is 0 Å². The second kappa shape index (κ2) is 2.87. The van der Waals surface area contributed by atoms with E-state index in [9.17, 15) is 13.6 Å². The average Bonchev–Trinajstić information content (AvgIpc) is 2.10. The molecule has 3 nitrogen and oxygen atoms in total. The Morgan fingerprint density at radius 2 is 2.07 bits per heavy atom. The Morgan fingerprint density at radius 1 is 1.36 bits per heavy atom. The molecule has 72 valence electrons. The third kappa shape index (κ3) is 1.17. The number of nitrogens with one attached hydrogen (secondary N) is 1. The van der Waals surface area contributed by atoms with E-state index >= 15 is 0 Å². The summed E-state index contributed by atoms with van der Waals surface area (Å²) < 4.78 is 25.9. The fraction of sp³-hybridized carbons (Fsp3) is 0.111. The Bertz CT molecular complexity index is 562. The summed E-state index contributed by atoms with van der Waals surface area (Å²) in [6.45, 7) is 1.57. The maximum atomic E-state index is 13.2. The minimum atomic E-state index is -1.16. The molecule has 0 fully saturated rings. The van der Waals surface area contributed by atoms with Gasteiger partial charge in [-0.15, -0.1) is 0 Å². The van der Waals surface area contributed by atoms with Crippen molar-refractivity contribution in [2.45, 2.75) is 6.92 Å². The van der Waals surface area contributed by atoms with Crippen LogP contribution in [0.15, 0.2) is 16.9 Å². The van der Waals surface area contributed by atoms with Gasteiger partial charge in [0.15, 0.2) is 11.6 Å². The maximum absolute atomic E-state index is 13.2. The smallest absolute Gasteiger partial charge is 0.261 e. The summed E-state index contributed by atoms with van der Waals surface area (Å²) >= 11 is 0. The topological polar surface area (TPSA) is 45.8 Å². The Morgan fingerprint density at radius 3 is 2.79 bits per heavy atom. The lowest BCUT2D eigenvalue weighted by Gasteiger charge is -1.99. The third-order valence-corrected chi connectivity index (χ3v) is 1.88. The number of hydrogen-bond donors (Lipinski definition) is 1. The van der Waals surface area contributed by atoms with Crippen LogP contribution < -0.4 is 5.56 Å². The van der Waals surface area contributed by atoms with Gasteiger partial charge in [-0.05, 0) is 19.1 Å². The van der Waals surface area contributed by atoms with Crippen LogP contribution in [0, 0.1) is 18.6 Å². The lowest BCUT2D eigenvalue weighted by atomic mass is 10.2. The van der Waals surface area contributed by atoms with Gasteiger partial charge in [-0.2, -0.15) is 0 Å². The molecule has 0 aliphatic carbocycles. The average molecular weight is 196 g/mol. The summed E-state index contributed by atoms with van der Waals surface area (Å²) in [5, 5.41) is -0.337. The van der Waals surface area contributed by atoms with Gasteiger partial charge < -0.3 is 4.98 Å². The molecule has 1 aromatic carbocycles. The predicted molar refractivity (Wildman–Crippen MR) is 47.0 cm³/mol. The predicted octanol–water partition coefficient (Wildman–Crippen LogP) is 1.51. The zero-order valence-corrected chi connectivity index (χ0v) is 7.27. The zero-order chi connectivity index (χ0) is 10.3. The molecule has 1 heterocycles. The number of fused-ring (bicyclic) bond motifs is 1. The Hall–Kier alpha value is -1.78. The number of aromatic nitrogens is 2. The molecule has 1 N–H and O–H groups in total. The van der Waals surface area contributed by atoms with E-state index in [0.29, 0.717) is 5.82 Å². The van der Waals surface area contributed by atoms with Crippen LogP contribution in [0.1, 0.15) is 5.82 Å². The molecule has 0 bridgehead atoms. The molecule has 1 aromatic heterocycles. The number of aromatic amines is 1. The molecule has 2 aromatic rings. The first kappa shape index (κ1) is 8.80. The summed E-state index contributed by atoms with van der Waals surface area (Å²) in [4.78, 5) is 17.5. The van der Waals surface area contributed by atoms with Gasteiger partial charge in [-0.25, -0.2) is 13.8 Å². The fourth-order valence-electron chi connectivity index (χ4n) is 1.29. The number of benzene rings is 1. The highest BCUT2D eigenvalue weighted by molar-refractivity contribution is 5.78. The van der Waals surface area contributed by atoms with Crippen LogP contribution in [0.3, 0.4) is 0 Å². The lowest BCUT2D eigenvalue weighted by molar-refractivity contribution is 0.516. The van der Waals surface area contributed by atoms with E-state index in [-0.39, 0.29) is 10.9 Å². The van der Waals surface area contributed by atoms with Crippen molar-refractivity contribution >= 4 is 10.9 Å². The fourth-order valence-corrected chi connectivity index (χ4v) is 1.29. The van der Waals surface area contributed by atoms with Crippen LogP contribution in [0.5, 0.6) is 0 Å². The van der Waals surface area contributed by atoms with Crippen molar-refractivity contribution < 1.29 is 8.78 Å². The minimum absolute atomic E-state index is 0.158. The SMILES string of the molecule is Cc1nc2ccc(F)c(F)c2c(=O)[nH]1. The molecular weight excluding hydrogens is 190 g/mol. The normalized spacial score (nSPS) is 10.8. The van der Waals surface area contributed by atoms with E-state index in [2.05, 4.69) is 9.97 Å². The molecule has 0 amide bonds.